The van der Waals surface area contributed by atoms with Crippen LogP contribution in [0, 0.1) is 11.8 Å². The highest BCUT2D eigenvalue weighted by Crippen LogP contribution is 2.29. The molecule has 0 saturated carbocycles. The maximum absolute atomic E-state index is 14.6. The van der Waals surface area contributed by atoms with E-state index in [1.165, 1.54) is 39.8 Å². The molecular weight excluding hydrogens is 466 g/mol. The summed E-state index contributed by atoms with van der Waals surface area (Å²) >= 11 is 6.22. The summed E-state index contributed by atoms with van der Waals surface area (Å²) in [7, 11) is 4.67. The highest BCUT2D eigenvalue weighted by molar-refractivity contribution is 6.34. The van der Waals surface area contributed by atoms with E-state index >= 15 is 0 Å². The van der Waals surface area contributed by atoms with Crippen LogP contribution in [0.25, 0.3) is 11.3 Å². The van der Waals surface area contributed by atoms with Gasteiger partial charge in [0.1, 0.15) is 11.3 Å². The van der Waals surface area contributed by atoms with Crippen molar-refractivity contribution in [1.29, 1.82) is 0 Å². The first-order chi connectivity index (χ1) is 15.8. The number of rotatable bonds is 5. The monoisotopic (exact) mass is 490 g/mol. The Labute approximate surface area is 201 Å². The van der Waals surface area contributed by atoms with Crippen LogP contribution in [-0.2, 0) is 11.8 Å². The second kappa shape index (κ2) is 9.42. The Hall–Kier alpha value is -3.46. The summed E-state index contributed by atoms with van der Waals surface area (Å²) < 4.78 is 35.7. The molecule has 0 saturated heterocycles. The maximum atomic E-state index is 14.6. The van der Waals surface area contributed by atoms with E-state index in [9.17, 15) is 18.4 Å². The quantitative estimate of drug-likeness (QED) is 0.388. The summed E-state index contributed by atoms with van der Waals surface area (Å²) in [5.74, 6) is -2.75. The third-order valence-corrected chi connectivity index (χ3v) is 5.12. The van der Waals surface area contributed by atoms with Gasteiger partial charge in [0.15, 0.2) is 11.6 Å². The number of aromatic nitrogens is 2. The molecule has 0 bridgehead atoms. The van der Waals surface area contributed by atoms with Crippen molar-refractivity contribution in [2.75, 3.05) is 24.3 Å². The predicted molar refractivity (Wildman–Crippen MR) is 127 cm³/mol. The molecule has 10 heteroatoms. The van der Waals surface area contributed by atoms with Gasteiger partial charge in [0.25, 0.3) is 5.91 Å². The highest BCUT2D eigenvalue weighted by Gasteiger charge is 2.22. The third-order valence-electron chi connectivity index (χ3n) is 4.81. The van der Waals surface area contributed by atoms with Crippen LogP contribution in [0.3, 0.4) is 0 Å². The minimum absolute atomic E-state index is 0.0746. The van der Waals surface area contributed by atoms with Gasteiger partial charge >= 0.3 is 5.97 Å². The van der Waals surface area contributed by atoms with Crippen LogP contribution in [0.2, 0.25) is 5.02 Å². The van der Waals surface area contributed by atoms with Crippen LogP contribution < -0.4 is 10.2 Å². The lowest BCUT2D eigenvalue weighted by Gasteiger charge is -2.20. The van der Waals surface area contributed by atoms with Crippen LogP contribution in [0.15, 0.2) is 36.4 Å². The van der Waals surface area contributed by atoms with Gasteiger partial charge in [-0.1, -0.05) is 11.6 Å². The Balaban J connectivity index is 1.83. The SMILES string of the molecule is CN(C)c1nc(F)c(-c2ccc(C(=O)Nc3ccc(C(=O)OC(C)(C)C)c(Cl)c3)n2C)cc1F. The van der Waals surface area contributed by atoms with E-state index in [0.717, 1.165) is 6.07 Å². The van der Waals surface area contributed by atoms with E-state index in [0.29, 0.717) is 5.69 Å². The summed E-state index contributed by atoms with van der Waals surface area (Å²) in [5.41, 5.74) is 0.231. The fourth-order valence-electron chi connectivity index (χ4n) is 3.25. The Morgan fingerprint density at radius 2 is 1.79 bits per heavy atom. The van der Waals surface area contributed by atoms with Crippen molar-refractivity contribution in [3.05, 3.63) is 64.4 Å². The average molecular weight is 491 g/mol. The molecule has 0 aliphatic rings. The first kappa shape index (κ1) is 25.2. The van der Waals surface area contributed by atoms with Gasteiger partial charge in [-0.15, -0.1) is 0 Å². The molecule has 0 aliphatic heterocycles. The summed E-state index contributed by atoms with van der Waals surface area (Å²) in [4.78, 5) is 30.2. The Morgan fingerprint density at radius 3 is 2.38 bits per heavy atom. The molecule has 34 heavy (non-hydrogen) atoms. The van der Waals surface area contributed by atoms with Crippen LogP contribution in [0.4, 0.5) is 20.3 Å². The van der Waals surface area contributed by atoms with Gasteiger partial charge in [0.2, 0.25) is 5.95 Å². The number of esters is 1. The lowest BCUT2D eigenvalue weighted by molar-refractivity contribution is 0.00697. The number of carbonyl (C=O) groups excluding carboxylic acids is 2. The molecule has 180 valence electrons. The largest absolute Gasteiger partial charge is 0.456 e. The number of amides is 1. The van der Waals surface area contributed by atoms with E-state index in [2.05, 4.69) is 10.3 Å². The number of carbonyl (C=O) groups is 2. The number of nitrogens with one attached hydrogen (secondary N) is 1. The molecule has 2 heterocycles. The van der Waals surface area contributed by atoms with E-state index < -0.39 is 29.2 Å². The minimum atomic E-state index is -0.859. The van der Waals surface area contributed by atoms with Gasteiger partial charge < -0.3 is 19.5 Å². The van der Waals surface area contributed by atoms with Crippen LogP contribution in [0.5, 0.6) is 0 Å². The van der Waals surface area contributed by atoms with Gasteiger partial charge in [-0.05, 0) is 57.2 Å². The molecule has 3 rings (SSSR count). The first-order valence-electron chi connectivity index (χ1n) is 10.3. The molecule has 0 aliphatic carbocycles. The molecule has 0 atom stereocenters. The fraction of sp³-hybridized carbons (Fsp3) is 0.292. The molecule has 1 aromatic carbocycles. The number of nitrogens with zero attached hydrogens (tertiary/aromatic N) is 3. The van der Waals surface area contributed by atoms with Gasteiger partial charge in [-0.3, -0.25) is 4.79 Å². The van der Waals surface area contributed by atoms with Gasteiger partial charge in [-0.25, -0.2) is 9.18 Å². The molecule has 0 unspecified atom stereocenters. The Morgan fingerprint density at radius 1 is 1.12 bits per heavy atom. The van der Waals surface area contributed by atoms with Crippen molar-refractivity contribution in [2.24, 2.45) is 7.05 Å². The third kappa shape index (κ3) is 5.36. The van der Waals surface area contributed by atoms with Crippen LogP contribution in [-0.4, -0.2) is 41.1 Å². The zero-order valence-electron chi connectivity index (χ0n) is 19.7. The predicted octanol–water partition coefficient (Wildman–Crippen LogP) is 5.29. The van der Waals surface area contributed by atoms with Crippen molar-refractivity contribution in [3.63, 3.8) is 0 Å². The highest BCUT2D eigenvalue weighted by atomic mass is 35.5. The topological polar surface area (TPSA) is 76.5 Å². The van der Waals surface area contributed by atoms with Crippen LogP contribution >= 0.6 is 11.6 Å². The molecule has 0 fully saturated rings. The molecule has 1 amide bonds. The van der Waals surface area contributed by atoms with E-state index in [4.69, 9.17) is 16.3 Å². The fourth-order valence-corrected chi connectivity index (χ4v) is 3.50. The van der Waals surface area contributed by atoms with Gasteiger partial charge in [0.05, 0.1) is 21.8 Å². The number of anilines is 2. The Kier molecular flexibility index (Phi) is 6.97. The van der Waals surface area contributed by atoms with Crippen molar-refractivity contribution >= 4 is 35.0 Å². The zero-order chi connectivity index (χ0) is 25.4. The summed E-state index contributed by atoms with van der Waals surface area (Å²) in [6.07, 6.45) is 0. The molecule has 7 nitrogen and oxygen atoms in total. The number of halogens is 3. The van der Waals surface area contributed by atoms with E-state index in [1.54, 1.807) is 41.9 Å². The number of benzene rings is 1. The summed E-state index contributed by atoms with van der Waals surface area (Å²) in [6, 6.07) is 8.44. The van der Waals surface area contributed by atoms with Crippen LogP contribution in [0.1, 0.15) is 41.6 Å². The first-order valence-corrected chi connectivity index (χ1v) is 10.7. The molecule has 3 aromatic rings. The Bertz CT molecular complexity index is 1270. The molecule has 2 aromatic heterocycles. The molecular formula is C24H25ClF2N4O3. The van der Waals surface area contributed by atoms with Crippen molar-refractivity contribution in [2.45, 2.75) is 26.4 Å². The van der Waals surface area contributed by atoms with E-state index in [-0.39, 0.29) is 33.4 Å². The van der Waals surface area contributed by atoms with Crippen molar-refractivity contribution < 1.29 is 23.1 Å². The van der Waals surface area contributed by atoms with Gasteiger partial charge in [-0.2, -0.15) is 9.37 Å². The molecule has 0 radical (unpaired) electrons. The standard InChI is InChI=1S/C24H25ClF2N4O3/c1-24(2,3)34-23(33)14-8-7-13(11-16(14)25)28-22(32)19-10-9-18(31(19)6)15-12-17(26)21(30(4)5)29-20(15)27/h7-12H,1-6H3,(H,28,32). The average Bonchev–Trinajstić information content (AvgIpc) is 3.09. The lowest BCUT2D eigenvalue weighted by atomic mass is 10.1. The summed E-state index contributed by atoms with van der Waals surface area (Å²) in [5, 5.41) is 2.80. The zero-order valence-corrected chi connectivity index (χ0v) is 20.4. The second-order valence-corrected chi connectivity index (χ2v) is 9.25. The number of hydrogen-bond donors (Lipinski definition) is 1. The number of hydrogen-bond acceptors (Lipinski definition) is 5. The second-order valence-electron chi connectivity index (χ2n) is 8.84. The summed E-state index contributed by atoms with van der Waals surface area (Å²) in [6.45, 7) is 5.23. The smallest absolute Gasteiger partial charge is 0.340 e. The van der Waals surface area contributed by atoms with E-state index in [1.807, 2.05) is 0 Å². The lowest BCUT2D eigenvalue weighted by Crippen LogP contribution is -2.24. The minimum Gasteiger partial charge on any atom is -0.456 e. The maximum Gasteiger partial charge on any atom is 0.340 e. The van der Waals surface area contributed by atoms with Crippen molar-refractivity contribution in [3.8, 4) is 11.3 Å². The number of pyridine rings is 1. The number of ether oxygens (including phenoxy) is 1. The van der Waals surface area contributed by atoms with Crippen molar-refractivity contribution in [1.82, 2.24) is 9.55 Å². The molecule has 0 spiro atoms. The van der Waals surface area contributed by atoms with Gasteiger partial charge in [0, 0.05) is 26.8 Å². The normalized spacial score (nSPS) is 11.3. The molecule has 1 N–H and O–H groups in total.